The Morgan fingerprint density at radius 1 is 1.14 bits per heavy atom. The molecule has 4 heterocycles. The number of ether oxygens (including phenoxy) is 1. The molecule has 1 unspecified atom stereocenters. The molecule has 42 heavy (non-hydrogen) atoms. The van der Waals surface area contributed by atoms with Gasteiger partial charge in [-0.25, -0.2) is 33.6 Å². The number of hydrogen-bond acceptors (Lipinski definition) is 8. The summed E-state index contributed by atoms with van der Waals surface area (Å²) in [6.07, 6.45) is 9.40. The van der Waals surface area contributed by atoms with Gasteiger partial charge in [-0.05, 0) is 49.8 Å². The third kappa shape index (κ3) is 4.15. The van der Waals surface area contributed by atoms with Crippen LogP contribution in [0, 0.1) is 17.0 Å². The average molecular weight is 594 g/mol. The Hall–Kier alpha value is -4.03. The van der Waals surface area contributed by atoms with Crippen molar-refractivity contribution in [3.63, 3.8) is 0 Å². The molecule has 13 heteroatoms. The zero-order valence-corrected chi connectivity index (χ0v) is 23.6. The van der Waals surface area contributed by atoms with E-state index in [1.54, 1.807) is 19.2 Å². The smallest absolute Gasteiger partial charge is 0.384 e. The quantitative estimate of drug-likeness (QED) is 0.255. The van der Waals surface area contributed by atoms with Crippen LogP contribution in [-0.4, -0.2) is 41.8 Å². The molecule has 5 aromatic rings. The summed E-state index contributed by atoms with van der Waals surface area (Å²) < 4.78 is 43.9. The number of nitrogens with zero attached hydrogens (tertiary/aromatic N) is 6. The van der Waals surface area contributed by atoms with E-state index in [0.717, 1.165) is 32.1 Å². The number of pyridine rings is 1. The predicted molar refractivity (Wildman–Crippen MR) is 149 cm³/mol. The molecule has 2 aliphatic rings. The van der Waals surface area contributed by atoms with Gasteiger partial charge in [0.05, 0.1) is 10.6 Å². The van der Waals surface area contributed by atoms with Gasteiger partial charge < -0.3 is 13.7 Å². The van der Waals surface area contributed by atoms with Crippen molar-refractivity contribution in [3.05, 3.63) is 75.3 Å². The zero-order chi connectivity index (χ0) is 29.2. The molecule has 1 N–H and O–H groups in total. The Morgan fingerprint density at radius 3 is 2.57 bits per heavy atom. The Morgan fingerprint density at radius 2 is 1.90 bits per heavy atom. The van der Waals surface area contributed by atoms with Gasteiger partial charge in [-0.2, -0.15) is 0 Å². The Labute approximate surface area is 243 Å². The van der Waals surface area contributed by atoms with Crippen molar-refractivity contribution in [2.45, 2.75) is 57.1 Å². The summed E-state index contributed by atoms with van der Waals surface area (Å²) in [4.78, 5) is 30.3. The molecule has 0 aliphatic heterocycles. The lowest BCUT2D eigenvalue weighted by atomic mass is 9.85. The van der Waals surface area contributed by atoms with Gasteiger partial charge in [0, 0.05) is 31.1 Å². The van der Waals surface area contributed by atoms with Crippen LogP contribution in [0.3, 0.4) is 0 Å². The van der Waals surface area contributed by atoms with Gasteiger partial charge >= 0.3 is 5.76 Å². The maximum Gasteiger partial charge on any atom is 0.434 e. The maximum absolute atomic E-state index is 15.4. The highest BCUT2D eigenvalue weighted by Gasteiger charge is 2.57. The second-order valence-electron chi connectivity index (χ2n) is 11.2. The number of halogens is 3. The number of aromatic nitrogens is 7. The molecular weight excluding hydrogens is 568 g/mol. The second kappa shape index (κ2) is 9.77. The molecular formula is C29H26ClF2N7O3. The molecule has 7 rings (SSSR count). The van der Waals surface area contributed by atoms with Crippen LogP contribution in [0.2, 0.25) is 5.02 Å². The van der Waals surface area contributed by atoms with Crippen molar-refractivity contribution in [2.75, 3.05) is 7.11 Å². The predicted octanol–water partition coefficient (Wildman–Crippen LogP) is 5.97. The minimum absolute atomic E-state index is 0.00797. The van der Waals surface area contributed by atoms with Crippen LogP contribution in [0.4, 0.5) is 8.78 Å². The van der Waals surface area contributed by atoms with Gasteiger partial charge in [-0.3, -0.25) is 4.98 Å². The Kier molecular flexibility index (Phi) is 6.24. The highest BCUT2D eigenvalue weighted by Crippen LogP contribution is 2.66. The molecule has 2 aliphatic carbocycles. The number of benzene rings is 1. The first-order valence-corrected chi connectivity index (χ1v) is 14.1. The minimum atomic E-state index is -1.64. The topological polar surface area (TPSA) is 125 Å². The molecule has 2 fully saturated rings. The van der Waals surface area contributed by atoms with Gasteiger partial charge in [0.25, 0.3) is 5.89 Å². The summed E-state index contributed by atoms with van der Waals surface area (Å²) >= 11 is 6.34. The standard InChI is InChI=1S/C29H26ClF2N7O3/c1-28(41-2,20-17(31)7-6-8-18(20)32)26-36-23-22(39(26)19-12-29(19)9-4-3-5-10-29)21(15-11-16(30)14-33-13-15)34-24(35-23)25-37-38-27(40)42-25/h6-8,11,13-14,19H,3-5,9-10,12H2,1-2H3,(H,38,40)/t19-,28?/m1/s1. The van der Waals surface area contributed by atoms with E-state index in [-0.39, 0.29) is 40.2 Å². The second-order valence-corrected chi connectivity index (χ2v) is 11.6. The van der Waals surface area contributed by atoms with Crippen LogP contribution in [0.1, 0.15) is 62.9 Å². The van der Waals surface area contributed by atoms with Gasteiger partial charge in [0.1, 0.15) is 28.7 Å². The van der Waals surface area contributed by atoms with Gasteiger partial charge in [0.15, 0.2) is 11.2 Å². The number of imidazole rings is 1. The Bertz CT molecular complexity index is 1880. The molecule has 0 radical (unpaired) electrons. The van der Waals surface area contributed by atoms with Crippen LogP contribution in [0.5, 0.6) is 0 Å². The van der Waals surface area contributed by atoms with Crippen LogP contribution in [-0.2, 0) is 10.3 Å². The van der Waals surface area contributed by atoms with Crippen molar-refractivity contribution in [3.8, 4) is 23.0 Å². The zero-order valence-electron chi connectivity index (χ0n) is 22.8. The van der Waals surface area contributed by atoms with Crippen LogP contribution in [0.15, 0.2) is 45.9 Å². The summed E-state index contributed by atoms with van der Waals surface area (Å²) in [5, 5.41) is 6.49. The van der Waals surface area contributed by atoms with E-state index in [1.165, 1.54) is 37.9 Å². The summed E-state index contributed by atoms with van der Waals surface area (Å²) in [6, 6.07) is 5.37. The molecule has 0 bridgehead atoms. The van der Waals surface area contributed by atoms with E-state index in [0.29, 0.717) is 21.8 Å². The van der Waals surface area contributed by atoms with Crippen LogP contribution >= 0.6 is 11.6 Å². The molecule has 2 saturated carbocycles. The molecule has 0 amide bonds. The van der Waals surface area contributed by atoms with E-state index < -0.39 is 23.0 Å². The highest BCUT2D eigenvalue weighted by molar-refractivity contribution is 6.30. The number of rotatable bonds is 6. The van der Waals surface area contributed by atoms with E-state index in [4.69, 9.17) is 30.7 Å². The first-order valence-electron chi connectivity index (χ1n) is 13.7. The van der Waals surface area contributed by atoms with E-state index in [1.807, 2.05) is 4.57 Å². The summed E-state index contributed by atoms with van der Waals surface area (Å²) in [5.41, 5.74) is -0.189. The maximum atomic E-state index is 15.4. The molecule has 10 nitrogen and oxygen atoms in total. The largest absolute Gasteiger partial charge is 0.434 e. The lowest BCUT2D eigenvalue weighted by Gasteiger charge is -2.31. The molecule has 216 valence electrons. The van der Waals surface area contributed by atoms with Crippen molar-refractivity contribution < 1.29 is 17.9 Å². The van der Waals surface area contributed by atoms with Gasteiger partial charge in [0.2, 0.25) is 5.82 Å². The molecule has 4 aromatic heterocycles. The summed E-state index contributed by atoms with van der Waals surface area (Å²) in [7, 11) is 1.40. The fourth-order valence-corrected chi connectivity index (χ4v) is 6.72. The van der Waals surface area contributed by atoms with Gasteiger partial charge in [-0.15, -0.1) is 5.10 Å². The molecule has 1 spiro atoms. The van der Waals surface area contributed by atoms with Crippen LogP contribution < -0.4 is 5.76 Å². The minimum Gasteiger partial charge on any atom is -0.384 e. The number of H-pyrrole nitrogens is 1. The summed E-state index contributed by atoms with van der Waals surface area (Å²) in [5.74, 6) is -2.16. The van der Waals surface area contributed by atoms with Crippen molar-refractivity contribution in [1.82, 2.24) is 34.7 Å². The first kappa shape index (κ1) is 26.8. The number of hydrogen-bond donors (Lipinski definition) is 1. The number of fused-ring (bicyclic) bond motifs is 1. The first-order chi connectivity index (χ1) is 20.2. The number of methoxy groups -OCH3 is 1. The van der Waals surface area contributed by atoms with E-state index >= 15 is 8.78 Å². The van der Waals surface area contributed by atoms with Crippen molar-refractivity contribution in [1.29, 1.82) is 0 Å². The van der Waals surface area contributed by atoms with Crippen molar-refractivity contribution >= 4 is 22.8 Å². The summed E-state index contributed by atoms with van der Waals surface area (Å²) in [6.45, 7) is 1.60. The lowest BCUT2D eigenvalue weighted by Crippen LogP contribution is -2.33. The van der Waals surface area contributed by atoms with Gasteiger partial charge in [-0.1, -0.05) is 36.9 Å². The number of aromatic amines is 1. The SMILES string of the molecule is COC(C)(c1c(F)cccc1F)c1nc2nc(-c3n[nH]c(=O)o3)nc(-c3cncc(Cl)c3)c2n1[C@@H]1CC12CCCCC2. The fourth-order valence-electron chi connectivity index (χ4n) is 6.55. The third-order valence-electron chi connectivity index (χ3n) is 8.74. The van der Waals surface area contributed by atoms with Crippen LogP contribution in [0.25, 0.3) is 34.1 Å². The molecule has 1 aromatic carbocycles. The van der Waals surface area contributed by atoms with E-state index in [9.17, 15) is 4.79 Å². The third-order valence-corrected chi connectivity index (χ3v) is 8.94. The fraction of sp³-hybridized carbons (Fsp3) is 0.379. The monoisotopic (exact) mass is 593 g/mol. The van der Waals surface area contributed by atoms with Crippen molar-refractivity contribution in [2.24, 2.45) is 5.41 Å². The highest BCUT2D eigenvalue weighted by atomic mass is 35.5. The molecule has 2 atom stereocenters. The lowest BCUT2D eigenvalue weighted by molar-refractivity contribution is 0.0220. The Balaban J connectivity index is 1.57. The van der Waals surface area contributed by atoms with E-state index in [2.05, 4.69) is 20.2 Å². The normalized spacial score (nSPS) is 19.3. The molecule has 0 saturated heterocycles. The average Bonchev–Trinajstić information content (AvgIpc) is 3.29. The number of nitrogens with one attached hydrogen (secondary N) is 1.